The molecule has 0 saturated carbocycles. The van der Waals surface area contributed by atoms with Crippen molar-refractivity contribution in [2.24, 2.45) is 0 Å². The number of nitrogens with zero attached hydrogens (tertiary/aromatic N) is 2. The molecule has 0 radical (unpaired) electrons. The van der Waals surface area contributed by atoms with Gasteiger partial charge in [-0.1, -0.05) is 25.1 Å². The van der Waals surface area contributed by atoms with Crippen LogP contribution in [0.15, 0.2) is 70.5 Å². The summed E-state index contributed by atoms with van der Waals surface area (Å²) < 4.78 is 15.3. The van der Waals surface area contributed by atoms with E-state index in [9.17, 15) is 18.8 Å². The van der Waals surface area contributed by atoms with Crippen molar-refractivity contribution in [1.82, 2.24) is 9.13 Å². The summed E-state index contributed by atoms with van der Waals surface area (Å²) in [5.74, 6) is -0.825. The van der Waals surface area contributed by atoms with Crippen LogP contribution < -0.4 is 11.1 Å². The standard InChI is InChI=1S/C20H17FN2O3/c1-2-14-5-3-4-6-17(14)23-12-11-22(19(25)20(23)26)13-18(24)15-7-9-16(21)10-8-15/h3-12H,2,13H2,1H3. The second-order valence-corrected chi connectivity index (χ2v) is 5.82. The molecule has 6 heteroatoms. The lowest BCUT2D eigenvalue weighted by Gasteiger charge is -2.11. The van der Waals surface area contributed by atoms with E-state index in [2.05, 4.69) is 0 Å². The minimum atomic E-state index is -0.783. The van der Waals surface area contributed by atoms with Gasteiger partial charge in [0.15, 0.2) is 5.78 Å². The average Bonchev–Trinajstić information content (AvgIpc) is 2.66. The van der Waals surface area contributed by atoms with Crippen LogP contribution in [0.2, 0.25) is 0 Å². The Hall–Kier alpha value is -3.28. The van der Waals surface area contributed by atoms with Crippen LogP contribution in [0.1, 0.15) is 22.8 Å². The van der Waals surface area contributed by atoms with Gasteiger partial charge in [-0.25, -0.2) is 4.39 Å². The van der Waals surface area contributed by atoms with Crippen molar-refractivity contribution in [2.75, 3.05) is 0 Å². The number of carbonyl (C=O) groups excluding carboxylic acids is 1. The molecule has 0 amide bonds. The second-order valence-electron chi connectivity index (χ2n) is 5.82. The number of carbonyl (C=O) groups is 1. The van der Waals surface area contributed by atoms with Crippen LogP contribution in [0.25, 0.3) is 5.69 Å². The van der Waals surface area contributed by atoms with Crippen molar-refractivity contribution in [2.45, 2.75) is 19.9 Å². The quantitative estimate of drug-likeness (QED) is 0.524. The Morgan fingerprint density at radius 1 is 0.962 bits per heavy atom. The molecule has 0 fully saturated rings. The van der Waals surface area contributed by atoms with E-state index in [0.717, 1.165) is 16.6 Å². The van der Waals surface area contributed by atoms with Crippen LogP contribution >= 0.6 is 0 Å². The lowest BCUT2D eigenvalue weighted by atomic mass is 10.1. The van der Waals surface area contributed by atoms with Gasteiger partial charge < -0.3 is 4.57 Å². The molecule has 132 valence electrons. The molecule has 0 bridgehead atoms. The first-order valence-corrected chi connectivity index (χ1v) is 8.20. The fraction of sp³-hybridized carbons (Fsp3) is 0.150. The Labute approximate surface area is 149 Å². The SMILES string of the molecule is CCc1ccccc1-n1ccn(CC(=O)c2ccc(F)cc2)c(=O)c1=O. The first kappa shape index (κ1) is 17.5. The van der Waals surface area contributed by atoms with Crippen molar-refractivity contribution < 1.29 is 9.18 Å². The lowest BCUT2D eigenvalue weighted by molar-refractivity contribution is 0.0970. The van der Waals surface area contributed by atoms with Gasteiger partial charge in [0.2, 0.25) is 0 Å². The normalized spacial score (nSPS) is 10.7. The Balaban J connectivity index is 1.95. The van der Waals surface area contributed by atoms with E-state index in [-0.39, 0.29) is 17.9 Å². The smallest absolute Gasteiger partial charge is 0.301 e. The monoisotopic (exact) mass is 352 g/mol. The molecule has 2 aromatic carbocycles. The Bertz CT molecular complexity index is 1070. The second kappa shape index (κ2) is 7.31. The lowest BCUT2D eigenvalue weighted by Crippen LogP contribution is -2.41. The average molecular weight is 352 g/mol. The minimum Gasteiger partial charge on any atom is -0.301 e. The summed E-state index contributed by atoms with van der Waals surface area (Å²) >= 11 is 0. The van der Waals surface area contributed by atoms with Crippen LogP contribution in [0, 0.1) is 5.82 Å². The van der Waals surface area contributed by atoms with E-state index >= 15 is 0 Å². The van der Waals surface area contributed by atoms with Crippen molar-refractivity contribution in [3.8, 4) is 5.69 Å². The number of ketones is 1. The van der Waals surface area contributed by atoms with Crippen molar-refractivity contribution >= 4 is 5.78 Å². The van der Waals surface area contributed by atoms with Crippen LogP contribution in [-0.2, 0) is 13.0 Å². The first-order valence-electron chi connectivity index (χ1n) is 8.20. The molecule has 3 rings (SSSR count). The molecular formula is C20H17FN2O3. The van der Waals surface area contributed by atoms with Crippen LogP contribution in [-0.4, -0.2) is 14.9 Å². The number of benzene rings is 2. The van der Waals surface area contributed by atoms with Crippen molar-refractivity contribution in [3.05, 3.63) is 98.6 Å². The Morgan fingerprint density at radius 3 is 2.35 bits per heavy atom. The van der Waals surface area contributed by atoms with E-state index in [1.807, 2.05) is 19.1 Å². The van der Waals surface area contributed by atoms with Gasteiger partial charge in [0.1, 0.15) is 5.82 Å². The molecule has 0 saturated heterocycles. The van der Waals surface area contributed by atoms with Crippen LogP contribution in [0.5, 0.6) is 0 Å². The molecular weight excluding hydrogens is 335 g/mol. The van der Waals surface area contributed by atoms with E-state index in [4.69, 9.17) is 0 Å². The van der Waals surface area contributed by atoms with Gasteiger partial charge in [-0.2, -0.15) is 0 Å². The summed E-state index contributed by atoms with van der Waals surface area (Å²) in [5, 5.41) is 0. The molecule has 1 aromatic heterocycles. The van der Waals surface area contributed by atoms with Gasteiger partial charge in [-0.15, -0.1) is 0 Å². The van der Waals surface area contributed by atoms with Crippen molar-refractivity contribution in [1.29, 1.82) is 0 Å². The van der Waals surface area contributed by atoms with Gasteiger partial charge in [-0.3, -0.25) is 19.0 Å². The summed E-state index contributed by atoms with van der Waals surface area (Å²) in [6.07, 6.45) is 3.61. The number of hydrogen-bond donors (Lipinski definition) is 0. The molecule has 0 N–H and O–H groups in total. The number of aromatic nitrogens is 2. The maximum Gasteiger partial charge on any atom is 0.320 e. The van der Waals surface area contributed by atoms with Gasteiger partial charge in [0.25, 0.3) is 0 Å². The highest BCUT2D eigenvalue weighted by molar-refractivity contribution is 5.95. The highest BCUT2D eigenvalue weighted by Crippen LogP contribution is 2.12. The largest absolute Gasteiger partial charge is 0.320 e. The third-order valence-corrected chi connectivity index (χ3v) is 4.17. The Kier molecular flexibility index (Phi) is 4.93. The van der Waals surface area contributed by atoms with Crippen molar-refractivity contribution in [3.63, 3.8) is 0 Å². The number of aryl methyl sites for hydroxylation is 1. The van der Waals surface area contributed by atoms with E-state index < -0.39 is 16.9 Å². The van der Waals surface area contributed by atoms with Gasteiger partial charge in [0, 0.05) is 18.0 Å². The molecule has 0 spiro atoms. The third kappa shape index (κ3) is 3.39. The predicted molar refractivity (Wildman–Crippen MR) is 96.4 cm³/mol. The highest BCUT2D eigenvalue weighted by atomic mass is 19.1. The maximum absolute atomic E-state index is 13.0. The maximum atomic E-state index is 13.0. The van der Waals surface area contributed by atoms with E-state index in [1.54, 1.807) is 12.1 Å². The van der Waals surface area contributed by atoms with Gasteiger partial charge in [-0.05, 0) is 42.3 Å². The van der Waals surface area contributed by atoms with E-state index in [1.165, 1.54) is 41.2 Å². The topological polar surface area (TPSA) is 61.1 Å². The number of hydrogen-bond acceptors (Lipinski definition) is 3. The Morgan fingerprint density at radius 2 is 1.65 bits per heavy atom. The summed E-state index contributed by atoms with van der Waals surface area (Å²) in [7, 11) is 0. The van der Waals surface area contributed by atoms with Gasteiger partial charge >= 0.3 is 11.1 Å². The number of rotatable bonds is 5. The number of halogens is 1. The third-order valence-electron chi connectivity index (χ3n) is 4.17. The molecule has 0 atom stereocenters. The summed E-state index contributed by atoms with van der Waals surface area (Å²) in [6.45, 7) is 1.68. The zero-order chi connectivity index (χ0) is 18.7. The van der Waals surface area contributed by atoms with Crippen LogP contribution in [0.3, 0.4) is 0 Å². The molecule has 0 unspecified atom stereocenters. The minimum absolute atomic E-state index is 0.277. The zero-order valence-electron chi connectivity index (χ0n) is 14.2. The molecule has 0 aliphatic carbocycles. The number of para-hydroxylation sites is 1. The highest BCUT2D eigenvalue weighted by Gasteiger charge is 2.12. The fourth-order valence-electron chi connectivity index (χ4n) is 2.75. The van der Waals surface area contributed by atoms with Crippen LogP contribution in [0.4, 0.5) is 4.39 Å². The molecule has 26 heavy (non-hydrogen) atoms. The molecule has 5 nitrogen and oxygen atoms in total. The van der Waals surface area contributed by atoms with Gasteiger partial charge in [0.05, 0.1) is 12.2 Å². The molecule has 1 heterocycles. The summed E-state index contributed by atoms with van der Waals surface area (Å²) in [5.41, 5.74) is 0.358. The molecule has 0 aliphatic rings. The first-order chi connectivity index (χ1) is 12.5. The number of Topliss-reactive ketones (excluding diaryl/α,β-unsaturated/α-hetero) is 1. The predicted octanol–water partition coefficient (Wildman–Crippen LogP) is 2.58. The fourth-order valence-corrected chi connectivity index (χ4v) is 2.75. The summed E-state index contributed by atoms with van der Waals surface area (Å²) in [6, 6.07) is 12.4. The van der Waals surface area contributed by atoms with E-state index in [0.29, 0.717) is 5.69 Å². The zero-order valence-corrected chi connectivity index (χ0v) is 14.2. The molecule has 0 aliphatic heterocycles. The summed E-state index contributed by atoms with van der Waals surface area (Å²) in [4.78, 5) is 37.1. The molecule has 3 aromatic rings.